The Hall–Kier alpha value is -4.33. The van der Waals surface area contributed by atoms with Crippen molar-refractivity contribution in [2.75, 3.05) is 13.2 Å². The lowest BCUT2D eigenvalue weighted by molar-refractivity contribution is -0.130. The Morgan fingerprint density at radius 1 is 1.03 bits per heavy atom. The van der Waals surface area contributed by atoms with Crippen LogP contribution in [0.4, 0.5) is 0 Å². The fourth-order valence-corrected chi connectivity index (χ4v) is 3.67. The summed E-state index contributed by atoms with van der Waals surface area (Å²) in [5.74, 6) is -0.0663. The zero-order valence-corrected chi connectivity index (χ0v) is 19.2. The lowest BCUT2D eigenvalue weighted by atomic mass is 10.1. The first-order valence-electron chi connectivity index (χ1n) is 10.8. The van der Waals surface area contributed by atoms with E-state index in [1.807, 2.05) is 45.0 Å². The molecule has 34 heavy (non-hydrogen) atoms. The molecule has 174 valence electrons. The number of carbonyl (C=O) groups excluding carboxylic acids is 2. The number of hydrogen-bond acceptors (Lipinski definition) is 6. The Labute approximate surface area is 197 Å². The van der Waals surface area contributed by atoms with Crippen LogP contribution in [0.2, 0.25) is 0 Å². The average Bonchev–Trinajstić information content (AvgIpc) is 3.34. The first kappa shape index (κ1) is 22.8. The molecule has 0 spiro atoms. The lowest BCUT2D eigenvalue weighted by Gasteiger charge is -2.11. The second-order valence-corrected chi connectivity index (χ2v) is 7.73. The maximum Gasteiger partial charge on any atom is 0.363 e. The molecule has 0 bridgehead atoms. The zero-order chi connectivity index (χ0) is 24.2. The van der Waals surface area contributed by atoms with Gasteiger partial charge in [0.1, 0.15) is 0 Å². The summed E-state index contributed by atoms with van der Waals surface area (Å²) >= 11 is 0. The predicted octanol–water partition coefficient (Wildman–Crippen LogP) is 3.70. The summed E-state index contributed by atoms with van der Waals surface area (Å²) in [4.78, 5) is 27.8. The predicted molar refractivity (Wildman–Crippen MR) is 128 cm³/mol. The third-order valence-corrected chi connectivity index (χ3v) is 5.21. The summed E-state index contributed by atoms with van der Waals surface area (Å²) in [5.41, 5.74) is 9.98. The number of hydrogen-bond donors (Lipinski definition) is 1. The van der Waals surface area contributed by atoms with Crippen molar-refractivity contribution in [3.8, 4) is 17.2 Å². The van der Waals surface area contributed by atoms with Gasteiger partial charge in [0.25, 0.3) is 5.91 Å². The van der Waals surface area contributed by atoms with Gasteiger partial charge in [0.05, 0.1) is 6.61 Å². The summed E-state index contributed by atoms with van der Waals surface area (Å²) in [5, 5.41) is 0. The molecule has 0 atom stereocenters. The van der Waals surface area contributed by atoms with Crippen molar-refractivity contribution in [2.24, 2.45) is 10.7 Å². The quantitative estimate of drug-likeness (QED) is 0.408. The summed E-state index contributed by atoms with van der Waals surface area (Å²) < 4.78 is 18.5. The number of amides is 1. The standard InChI is InChI=1S/C26H25N3O5/c1-4-32-23-14-18(7-12-22(23)33-15-24(27)30)13-21-26(31)34-25(28-21)19-8-10-20(11-9-19)29-16(2)5-6-17(29)3/h5-14H,4,15H2,1-3H3,(H2,27,30). The number of aryl methyl sites for hydroxylation is 2. The van der Waals surface area contributed by atoms with Crippen LogP contribution in [0, 0.1) is 13.8 Å². The van der Waals surface area contributed by atoms with Crippen molar-refractivity contribution >= 4 is 23.9 Å². The smallest absolute Gasteiger partial charge is 0.363 e. The molecule has 1 aliphatic heterocycles. The maximum absolute atomic E-state index is 12.4. The Balaban J connectivity index is 1.58. The number of esters is 1. The van der Waals surface area contributed by atoms with Gasteiger partial charge in [-0.05, 0) is 80.9 Å². The highest BCUT2D eigenvalue weighted by molar-refractivity contribution is 6.12. The molecular weight excluding hydrogens is 434 g/mol. The molecule has 2 N–H and O–H groups in total. The van der Waals surface area contributed by atoms with Gasteiger partial charge in [0, 0.05) is 22.6 Å². The summed E-state index contributed by atoms with van der Waals surface area (Å²) in [6.07, 6.45) is 1.61. The molecule has 1 aliphatic rings. The highest BCUT2D eigenvalue weighted by Crippen LogP contribution is 2.30. The summed E-state index contributed by atoms with van der Waals surface area (Å²) in [6.45, 7) is 6.07. The van der Waals surface area contributed by atoms with Crippen LogP contribution in [0.25, 0.3) is 11.8 Å². The summed E-state index contributed by atoms with van der Waals surface area (Å²) in [7, 11) is 0. The second kappa shape index (κ2) is 9.66. The van der Waals surface area contributed by atoms with Crippen molar-refractivity contribution in [3.63, 3.8) is 0 Å². The number of rotatable bonds is 8. The molecule has 0 saturated carbocycles. The Bertz CT molecular complexity index is 1280. The van der Waals surface area contributed by atoms with E-state index in [4.69, 9.17) is 19.9 Å². The fourth-order valence-electron chi connectivity index (χ4n) is 3.67. The summed E-state index contributed by atoms with van der Waals surface area (Å²) in [6, 6.07) is 16.9. The number of carbonyl (C=O) groups is 2. The number of aliphatic imine (C=N–C) groups is 1. The van der Waals surface area contributed by atoms with Crippen LogP contribution in [0.1, 0.15) is 29.4 Å². The van der Waals surface area contributed by atoms with E-state index in [1.165, 1.54) is 0 Å². The molecule has 0 radical (unpaired) electrons. The van der Waals surface area contributed by atoms with E-state index in [9.17, 15) is 9.59 Å². The molecule has 1 aromatic heterocycles. The third-order valence-electron chi connectivity index (χ3n) is 5.21. The molecule has 0 saturated heterocycles. The molecule has 0 fully saturated rings. The van der Waals surface area contributed by atoms with Gasteiger partial charge < -0.3 is 24.5 Å². The van der Waals surface area contributed by atoms with Crippen LogP contribution in [0.3, 0.4) is 0 Å². The first-order chi connectivity index (χ1) is 16.4. The molecule has 2 heterocycles. The molecule has 8 heteroatoms. The second-order valence-electron chi connectivity index (χ2n) is 7.73. The van der Waals surface area contributed by atoms with Crippen LogP contribution in [0.5, 0.6) is 11.5 Å². The molecule has 4 rings (SSSR count). The number of aromatic nitrogens is 1. The molecule has 3 aromatic rings. The van der Waals surface area contributed by atoms with Gasteiger partial charge in [-0.1, -0.05) is 6.07 Å². The van der Waals surface area contributed by atoms with Gasteiger partial charge in [-0.15, -0.1) is 0 Å². The maximum atomic E-state index is 12.4. The highest BCUT2D eigenvalue weighted by atomic mass is 16.6. The molecule has 2 aromatic carbocycles. The van der Waals surface area contributed by atoms with Crippen LogP contribution < -0.4 is 15.2 Å². The van der Waals surface area contributed by atoms with Gasteiger partial charge in [-0.25, -0.2) is 9.79 Å². The topological polar surface area (TPSA) is 105 Å². The van der Waals surface area contributed by atoms with Crippen molar-refractivity contribution in [1.82, 2.24) is 4.57 Å². The van der Waals surface area contributed by atoms with Gasteiger partial charge in [0.15, 0.2) is 23.8 Å². The normalized spacial score (nSPS) is 14.1. The minimum Gasteiger partial charge on any atom is -0.490 e. The van der Waals surface area contributed by atoms with Gasteiger partial charge in [0.2, 0.25) is 5.90 Å². The fraction of sp³-hybridized carbons (Fsp3) is 0.192. The van der Waals surface area contributed by atoms with Crippen molar-refractivity contribution < 1.29 is 23.8 Å². The Kier molecular flexibility index (Phi) is 6.49. The minimum absolute atomic E-state index is 0.171. The van der Waals surface area contributed by atoms with Crippen LogP contribution in [0.15, 0.2) is 65.3 Å². The van der Waals surface area contributed by atoms with E-state index in [0.29, 0.717) is 29.2 Å². The molecule has 0 unspecified atom stereocenters. The van der Waals surface area contributed by atoms with Crippen LogP contribution >= 0.6 is 0 Å². The number of benzene rings is 2. The minimum atomic E-state index is -0.587. The number of nitrogens with two attached hydrogens (primary N) is 1. The van der Waals surface area contributed by atoms with E-state index in [0.717, 1.165) is 17.1 Å². The van der Waals surface area contributed by atoms with E-state index >= 15 is 0 Å². The zero-order valence-electron chi connectivity index (χ0n) is 19.2. The number of ether oxygens (including phenoxy) is 3. The Morgan fingerprint density at radius 3 is 2.38 bits per heavy atom. The van der Waals surface area contributed by atoms with E-state index < -0.39 is 11.9 Å². The van der Waals surface area contributed by atoms with Crippen LogP contribution in [-0.2, 0) is 14.3 Å². The monoisotopic (exact) mass is 459 g/mol. The van der Waals surface area contributed by atoms with E-state index in [2.05, 4.69) is 21.7 Å². The van der Waals surface area contributed by atoms with Crippen molar-refractivity contribution in [3.05, 3.63) is 82.8 Å². The van der Waals surface area contributed by atoms with Crippen LogP contribution in [-0.4, -0.2) is 35.6 Å². The van der Waals surface area contributed by atoms with Crippen molar-refractivity contribution in [1.29, 1.82) is 0 Å². The van der Waals surface area contributed by atoms with Gasteiger partial charge in [-0.2, -0.15) is 0 Å². The highest BCUT2D eigenvalue weighted by Gasteiger charge is 2.24. The lowest BCUT2D eigenvalue weighted by Crippen LogP contribution is -2.20. The number of nitrogens with zero attached hydrogens (tertiary/aromatic N) is 2. The van der Waals surface area contributed by atoms with E-state index in [-0.39, 0.29) is 18.2 Å². The molecule has 0 aliphatic carbocycles. The molecule has 1 amide bonds. The number of cyclic esters (lactones) is 1. The SMILES string of the molecule is CCOc1cc(C=C2N=C(c3ccc(-n4c(C)ccc4C)cc3)OC2=O)ccc1OCC(N)=O. The third kappa shape index (κ3) is 4.85. The molecular formula is C26H25N3O5. The van der Waals surface area contributed by atoms with E-state index in [1.54, 1.807) is 24.3 Å². The molecule has 8 nitrogen and oxygen atoms in total. The van der Waals surface area contributed by atoms with Gasteiger partial charge in [-0.3, -0.25) is 4.79 Å². The van der Waals surface area contributed by atoms with Crippen molar-refractivity contribution in [2.45, 2.75) is 20.8 Å². The number of primary amides is 1. The average molecular weight is 460 g/mol. The van der Waals surface area contributed by atoms with Gasteiger partial charge >= 0.3 is 5.97 Å². The first-order valence-corrected chi connectivity index (χ1v) is 10.8. The largest absolute Gasteiger partial charge is 0.490 e. The Morgan fingerprint density at radius 2 is 1.74 bits per heavy atom.